The molecule has 27 heavy (non-hydrogen) atoms. The van der Waals surface area contributed by atoms with Crippen molar-refractivity contribution in [3.8, 4) is 0 Å². The molecule has 1 aromatic heterocycles. The van der Waals surface area contributed by atoms with E-state index in [0.717, 1.165) is 34.9 Å². The molecule has 4 nitrogen and oxygen atoms in total. The Morgan fingerprint density at radius 3 is 2.44 bits per heavy atom. The van der Waals surface area contributed by atoms with Crippen molar-refractivity contribution in [3.63, 3.8) is 0 Å². The van der Waals surface area contributed by atoms with Crippen molar-refractivity contribution in [2.75, 3.05) is 10.6 Å². The molecule has 1 heterocycles. The molecular formula is C22H26N4S. The van der Waals surface area contributed by atoms with E-state index in [0.29, 0.717) is 5.11 Å². The van der Waals surface area contributed by atoms with E-state index in [1.54, 1.807) is 0 Å². The average molecular weight is 379 g/mol. The summed E-state index contributed by atoms with van der Waals surface area (Å²) in [5.41, 5.74) is 8.89. The van der Waals surface area contributed by atoms with E-state index in [-0.39, 0.29) is 0 Å². The Morgan fingerprint density at radius 2 is 1.70 bits per heavy atom. The number of nitrogens with zero attached hydrogens (tertiary/aromatic N) is 2. The summed E-state index contributed by atoms with van der Waals surface area (Å²) in [5.74, 6) is 0. The van der Waals surface area contributed by atoms with Crippen LogP contribution in [0, 0.1) is 34.6 Å². The highest BCUT2D eigenvalue weighted by Gasteiger charge is 2.14. The monoisotopic (exact) mass is 378 g/mol. The molecule has 0 aliphatic carbocycles. The molecule has 0 bridgehead atoms. The zero-order chi connectivity index (χ0) is 19.6. The van der Waals surface area contributed by atoms with E-state index in [2.05, 4.69) is 80.8 Å². The average Bonchev–Trinajstić information content (AvgIpc) is 2.87. The van der Waals surface area contributed by atoms with Gasteiger partial charge in [-0.05, 0) is 75.2 Å². The van der Waals surface area contributed by atoms with Gasteiger partial charge in [0.1, 0.15) is 0 Å². The van der Waals surface area contributed by atoms with Crippen molar-refractivity contribution >= 4 is 28.7 Å². The number of aryl methyl sites for hydroxylation is 4. The number of hydrogen-bond acceptors (Lipinski definition) is 2. The highest BCUT2D eigenvalue weighted by Crippen LogP contribution is 2.22. The van der Waals surface area contributed by atoms with E-state index in [1.165, 1.54) is 16.7 Å². The first-order valence-corrected chi connectivity index (χ1v) is 9.49. The molecule has 0 fully saturated rings. The van der Waals surface area contributed by atoms with Gasteiger partial charge in [0.05, 0.1) is 23.6 Å². The molecule has 0 spiro atoms. The van der Waals surface area contributed by atoms with Crippen LogP contribution in [0.15, 0.2) is 42.5 Å². The maximum absolute atomic E-state index is 5.54. The standard InChI is InChI=1S/C22H26N4S/c1-14-10-11-16(3)20(12-14)23-22(27)24-21-17(4)25-26(18(21)5)13-19-9-7-6-8-15(19)2/h6-12H,13H2,1-5H3,(H2,23,24,27). The molecule has 0 saturated heterocycles. The van der Waals surface area contributed by atoms with E-state index in [1.807, 2.05) is 11.6 Å². The minimum absolute atomic E-state index is 0.574. The minimum Gasteiger partial charge on any atom is -0.332 e. The molecule has 0 radical (unpaired) electrons. The molecule has 2 N–H and O–H groups in total. The first-order chi connectivity index (χ1) is 12.8. The lowest BCUT2D eigenvalue weighted by Gasteiger charge is -2.14. The van der Waals surface area contributed by atoms with Gasteiger partial charge in [0.25, 0.3) is 0 Å². The first kappa shape index (κ1) is 19.1. The maximum atomic E-state index is 5.54. The van der Waals surface area contributed by atoms with Crippen molar-refractivity contribution in [1.82, 2.24) is 9.78 Å². The number of hydrogen-bond donors (Lipinski definition) is 2. The van der Waals surface area contributed by atoms with Crippen LogP contribution in [-0.2, 0) is 6.54 Å². The molecule has 0 amide bonds. The summed E-state index contributed by atoms with van der Waals surface area (Å²) in [6.07, 6.45) is 0. The summed E-state index contributed by atoms with van der Waals surface area (Å²) in [6, 6.07) is 14.7. The Labute approximate surface area is 166 Å². The number of thiocarbonyl (C=S) groups is 1. The third kappa shape index (κ3) is 4.37. The summed E-state index contributed by atoms with van der Waals surface area (Å²) in [4.78, 5) is 0. The molecule has 0 unspecified atom stereocenters. The fraction of sp³-hybridized carbons (Fsp3) is 0.273. The normalized spacial score (nSPS) is 10.7. The first-order valence-electron chi connectivity index (χ1n) is 9.09. The third-order valence-electron chi connectivity index (χ3n) is 4.84. The largest absolute Gasteiger partial charge is 0.332 e. The Morgan fingerprint density at radius 1 is 0.963 bits per heavy atom. The second-order valence-corrected chi connectivity index (χ2v) is 7.44. The fourth-order valence-electron chi connectivity index (χ4n) is 3.12. The summed E-state index contributed by atoms with van der Waals surface area (Å²) < 4.78 is 2.03. The van der Waals surface area contributed by atoms with Crippen molar-refractivity contribution in [3.05, 3.63) is 76.1 Å². The smallest absolute Gasteiger partial charge is 0.175 e. The highest BCUT2D eigenvalue weighted by atomic mass is 32.1. The molecule has 0 aliphatic heterocycles. The topological polar surface area (TPSA) is 41.9 Å². The van der Waals surface area contributed by atoms with Gasteiger partial charge in [-0.3, -0.25) is 4.68 Å². The predicted octanol–water partition coefficient (Wildman–Crippen LogP) is 5.28. The molecule has 0 aliphatic rings. The second kappa shape index (κ2) is 7.92. The van der Waals surface area contributed by atoms with Gasteiger partial charge >= 0.3 is 0 Å². The Balaban J connectivity index is 1.77. The summed E-state index contributed by atoms with van der Waals surface area (Å²) in [6.45, 7) is 11.1. The van der Waals surface area contributed by atoms with Crippen LogP contribution < -0.4 is 10.6 Å². The SMILES string of the molecule is Cc1ccc(C)c(NC(=S)Nc2c(C)nn(Cc3ccccc3C)c2C)c1. The molecular weight excluding hydrogens is 352 g/mol. The van der Waals surface area contributed by atoms with E-state index in [9.17, 15) is 0 Å². The van der Waals surface area contributed by atoms with Gasteiger partial charge in [0.2, 0.25) is 0 Å². The van der Waals surface area contributed by atoms with Crippen LogP contribution in [0.2, 0.25) is 0 Å². The van der Waals surface area contributed by atoms with Gasteiger partial charge in [-0.15, -0.1) is 0 Å². The Kier molecular flexibility index (Phi) is 5.61. The molecule has 140 valence electrons. The summed E-state index contributed by atoms with van der Waals surface area (Å²) >= 11 is 5.54. The fourth-order valence-corrected chi connectivity index (χ4v) is 3.33. The van der Waals surface area contributed by atoms with Crippen LogP contribution >= 0.6 is 12.2 Å². The molecule has 2 aromatic carbocycles. The van der Waals surface area contributed by atoms with Crippen molar-refractivity contribution in [2.24, 2.45) is 0 Å². The number of aromatic nitrogens is 2. The lowest BCUT2D eigenvalue weighted by Crippen LogP contribution is -2.20. The third-order valence-corrected chi connectivity index (χ3v) is 5.05. The van der Waals surface area contributed by atoms with E-state index in [4.69, 9.17) is 17.3 Å². The highest BCUT2D eigenvalue weighted by molar-refractivity contribution is 7.80. The second-order valence-electron chi connectivity index (χ2n) is 7.03. The Bertz CT molecular complexity index is 988. The molecule has 0 atom stereocenters. The number of benzene rings is 2. The molecule has 0 saturated carbocycles. The van der Waals surface area contributed by atoms with Crippen LogP contribution in [0.3, 0.4) is 0 Å². The quantitative estimate of drug-likeness (QED) is 0.606. The molecule has 3 rings (SSSR count). The van der Waals surface area contributed by atoms with Gasteiger partial charge in [-0.1, -0.05) is 36.4 Å². The summed E-state index contributed by atoms with van der Waals surface area (Å²) in [5, 5.41) is 11.9. The number of anilines is 2. The molecule has 5 heteroatoms. The van der Waals surface area contributed by atoms with E-state index < -0.39 is 0 Å². The Hall–Kier alpha value is -2.66. The van der Waals surface area contributed by atoms with Crippen molar-refractivity contribution in [1.29, 1.82) is 0 Å². The van der Waals surface area contributed by atoms with Gasteiger partial charge in [0, 0.05) is 5.69 Å². The van der Waals surface area contributed by atoms with Crippen LogP contribution in [0.25, 0.3) is 0 Å². The van der Waals surface area contributed by atoms with Crippen molar-refractivity contribution < 1.29 is 0 Å². The van der Waals surface area contributed by atoms with Crippen LogP contribution in [0.5, 0.6) is 0 Å². The van der Waals surface area contributed by atoms with Gasteiger partial charge < -0.3 is 10.6 Å². The van der Waals surface area contributed by atoms with Gasteiger partial charge in [-0.25, -0.2) is 0 Å². The molecule has 3 aromatic rings. The van der Waals surface area contributed by atoms with Gasteiger partial charge in [-0.2, -0.15) is 5.10 Å². The number of nitrogens with one attached hydrogen (secondary N) is 2. The van der Waals surface area contributed by atoms with E-state index >= 15 is 0 Å². The van der Waals surface area contributed by atoms with Crippen LogP contribution in [-0.4, -0.2) is 14.9 Å². The van der Waals surface area contributed by atoms with Gasteiger partial charge in [0.15, 0.2) is 5.11 Å². The minimum atomic E-state index is 0.574. The summed E-state index contributed by atoms with van der Waals surface area (Å²) in [7, 11) is 0. The maximum Gasteiger partial charge on any atom is 0.175 e. The zero-order valence-corrected chi connectivity index (χ0v) is 17.4. The zero-order valence-electron chi connectivity index (χ0n) is 16.6. The lowest BCUT2D eigenvalue weighted by molar-refractivity contribution is 0.657. The predicted molar refractivity (Wildman–Crippen MR) is 118 cm³/mol. The van der Waals surface area contributed by atoms with Crippen molar-refractivity contribution in [2.45, 2.75) is 41.2 Å². The lowest BCUT2D eigenvalue weighted by atomic mass is 10.1. The van der Waals surface area contributed by atoms with Crippen LogP contribution in [0.1, 0.15) is 33.6 Å². The van der Waals surface area contributed by atoms with Crippen LogP contribution in [0.4, 0.5) is 11.4 Å². The number of rotatable bonds is 4.